The zero-order chi connectivity index (χ0) is 12.4. The van der Waals surface area contributed by atoms with Crippen molar-refractivity contribution < 1.29 is 0 Å². The Morgan fingerprint density at radius 2 is 2.35 bits per heavy atom. The van der Waals surface area contributed by atoms with Crippen LogP contribution in [-0.2, 0) is 7.05 Å². The van der Waals surface area contributed by atoms with Crippen LogP contribution >= 0.6 is 0 Å². The normalized spacial score (nSPS) is 22.8. The molecule has 0 aromatic carbocycles. The first-order valence-electron chi connectivity index (χ1n) is 6.60. The Hall–Kier alpha value is -1.03. The molecule has 96 valence electrons. The molecule has 1 N–H and O–H groups in total. The van der Waals surface area contributed by atoms with Crippen LogP contribution in [0.15, 0.2) is 6.20 Å². The molecule has 1 aliphatic heterocycles. The van der Waals surface area contributed by atoms with Gasteiger partial charge in [0.05, 0.1) is 11.4 Å². The molecule has 4 heteroatoms. The van der Waals surface area contributed by atoms with E-state index in [2.05, 4.69) is 42.3 Å². The van der Waals surface area contributed by atoms with Gasteiger partial charge >= 0.3 is 0 Å². The van der Waals surface area contributed by atoms with Crippen LogP contribution in [0.4, 0.5) is 5.69 Å². The summed E-state index contributed by atoms with van der Waals surface area (Å²) in [5.74, 6) is 0.731. The SMILES string of the molecule is CCC(C)C1CN(c2cn(C)nc2C)CCN1. The number of anilines is 1. The first-order chi connectivity index (χ1) is 8.11. The lowest BCUT2D eigenvalue weighted by Gasteiger charge is -2.37. The summed E-state index contributed by atoms with van der Waals surface area (Å²) in [5, 5.41) is 8.06. The Morgan fingerprint density at radius 3 is 2.94 bits per heavy atom. The summed E-state index contributed by atoms with van der Waals surface area (Å²) in [5.41, 5.74) is 2.43. The van der Waals surface area contributed by atoms with Crippen molar-refractivity contribution in [2.45, 2.75) is 33.2 Å². The highest BCUT2D eigenvalue weighted by molar-refractivity contribution is 5.49. The molecule has 17 heavy (non-hydrogen) atoms. The van der Waals surface area contributed by atoms with E-state index < -0.39 is 0 Å². The first-order valence-corrected chi connectivity index (χ1v) is 6.60. The summed E-state index contributed by atoms with van der Waals surface area (Å²) in [4.78, 5) is 2.47. The summed E-state index contributed by atoms with van der Waals surface area (Å²) in [7, 11) is 1.99. The lowest BCUT2D eigenvalue weighted by Crippen LogP contribution is -2.53. The Balaban J connectivity index is 2.09. The van der Waals surface area contributed by atoms with E-state index in [-0.39, 0.29) is 0 Å². The molecule has 2 atom stereocenters. The molecular weight excluding hydrogens is 212 g/mol. The lowest BCUT2D eigenvalue weighted by molar-refractivity contribution is 0.341. The van der Waals surface area contributed by atoms with E-state index in [1.165, 1.54) is 12.1 Å². The second-order valence-corrected chi connectivity index (χ2v) is 5.17. The number of aryl methyl sites for hydroxylation is 2. The molecule has 1 saturated heterocycles. The van der Waals surface area contributed by atoms with Gasteiger partial charge in [-0.15, -0.1) is 0 Å². The lowest BCUT2D eigenvalue weighted by atomic mass is 9.97. The van der Waals surface area contributed by atoms with Crippen LogP contribution in [0, 0.1) is 12.8 Å². The molecule has 1 fully saturated rings. The monoisotopic (exact) mass is 236 g/mol. The molecule has 2 heterocycles. The minimum atomic E-state index is 0.605. The van der Waals surface area contributed by atoms with Crippen molar-refractivity contribution >= 4 is 5.69 Å². The molecule has 4 nitrogen and oxygen atoms in total. The number of nitrogens with zero attached hydrogens (tertiary/aromatic N) is 3. The first kappa shape index (κ1) is 12.4. The van der Waals surface area contributed by atoms with Crippen LogP contribution in [0.3, 0.4) is 0 Å². The summed E-state index contributed by atoms with van der Waals surface area (Å²) in [6.07, 6.45) is 3.37. The maximum absolute atomic E-state index is 4.43. The number of piperazine rings is 1. The minimum absolute atomic E-state index is 0.605. The zero-order valence-corrected chi connectivity index (χ0v) is 11.4. The van der Waals surface area contributed by atoms with Crippen LogP contribution in [0.1, 0.15) is 26.0 Å². The average Bonchev–Trinajstić information content (AvgIpc) is 2.67. The van der Waals surface area contributed by atoms with E-state index >= 15 is 0 Å². The maximum atomic E-state index is 4.43. The molecule has 0 aliphatic carbocycles. The smallest absolute Gasteiger partial charge is 0.0827 e. The van der Waals surface area contributed by atoms with E-state index in [9.17, 15) is 0 Å². The minimum Gasteiger partial charge on any atom is -0.366 e. The van der Waals surface area contributed by atoms with Gasteiger partial charge in [0, 0.05) is 38.9 Å². The van der Waals surface area contributed by atoms with Gasteiger partial charge in [-0.2, -0.15) is 5.10 Å². The Bertz CT molecular complexity index is 371. The third-order valence-corrected chi connectivity index (χ3v) is 3.86. The van der Waals surface area contributed by atoms with Crippen molar-refractivity contribution in [1.29, 1.82) is 0 Å². The summed E-state index contributed by atoms with van der Waals surface area (Å²) in [6, 6.07) is 0.605. The van der Waals surface area contributed by atoms with Crippen LogP contribution in [0.5, 0.6) is 0 Å². The van der Waals surface area contributed by atoms with Crippen molar-refractivity contribution in [3.05, 3.63) is 11.9 Å². The van der Waals surface area contributed by atoms with Gasteiger partial charge < -0.3 is 10.2 Å². The molecule has 2 rings (SSSR count). The highest BCUT2D eigenvalue weighted by Crippen LogP contribution is 2.21. The standard InChI is InChI=1S/C13H24N4/c1-5-10(2)12-8-17(7-6-14-12)13-9-16(4)15-11(13)3/h9-10,12,14H,5-8H2,1-4H3. The molecule has 0 bridgehead atoms. The quantitative estimate of drug-likeness (QED) is 0.864. The highest BCUT2D eigenvalue weighted by atomic mass is 15.3. The van der Waals surface area contributed by atoms with Gasteiger partial charge in [-0.25, -0.2) is 0 Å². The number of aromatic nitrogens is 2. The van der Waals surface area contributed by atoms with Gasteiger partial charge in [-0.3, -0.25) is 4.68 Å². The number of hydrogen-bond donors (Lipinski definition) is 1. The van der Waals surface area contributed by atoms with Crippen molar-refractivity contribution in [1.82, 2.24) is 15.1 Å². The van der Waals surface area contributed by atoms with Gasteiger partial charge in [0.15, 0.2) is 0 Å². The zero-order valence-electron chi connectivity index (χ0n) is 11.4. The largest absolute Gasteiger partial charge is 0.366 e. The summed E-state index contributed by atoms with van der Waals surface area (Å²) in [6.45, 7) is 9.94. The van der Waals surface area contributed by atoms with Crippen LogP contribution < -0.4 is 10.2 Å². The van der Waals surface area contributed by atoms with Crippen molar-refractivity contribution in [2.24, 2.45) is 13.0 Å². The average molecular weight is 236 g/mol. The predicted molar refractivity (Wildman–Crippen MR) is 71.4 cm³/mol. The molecule has 2 unspecified atom stereocenters. The topological polar surface area (TPSA) is 33.1 Å². The predicted octanol–water partition coefficient (Wildman–Crippen LogP) is 1.55. The van der Waals surface area contributed by atoms with Crippen LogP contribution in [0.2, 0.25) is 0 Å². The third-order valence-electron chi connectivity index (χ3n) is 3.86. The Labute approximate surface area is 104 Å². The van der Waals surface area contributed by atoms with Crippen molar-refractivity contribution in [2.75, 3.05) is 24.5 Å². The summed E-state index contributed by atoms with van der Waals surface area (Å²) >= 11 is 0. The molecular formula is C13H24N4. The highest BCUT2D eigenvalue weighted by Gasteiger charge is 2.24. The van der Waals surface area contributed by atoms with E-state index in [0.29, 0.717) is 6.04 Å². The number of rotatable bonds is 3. The van der Waals surface area contributed by atoms with E-state index in [0.717, 1.165) is 31.2 Å². The molecule has 1 aromatic rings. The third kappa shape index (κ3) is 2.63. The van der Waals surface area contributed by atoms with Crippen LogP contribution in [-0.4, -0.2) is 35.5 Å². The van der Waals surface area contributed by atoms with Gasteiger partial charge in [-0.05, 0) is 12.8 Å². The fourth-order valence-corrected chi connectivity index (χ4v) is 2.56. The van der Waals surface area contributed by atoms with Crippen molar-refractivity contribution in [3.63, 3.8) is 0 Å². The van der Waals surface area contributed by atoms with E-state index in [1.54, 1.807) is 0 Å². The number of hydrogen-bond acceptors (Lipinski definition) is 3. The second-order valence-electron chi connectivity index (χ2n) is 5.17. The van der Waals surface area contributed by atoms with Gasteiger partial charge in [0.1, 0.15) is 0 Å². The molecule has 0 amide bonds. The van der Waals surface area contributed by atoms with E-state index in [4.69, 9.17) is 0 Å². The molecule has 1 aromatic heterocycles. The Kier molecular flexibility index (Phi) is 3.72. The maximum Gasteiger partial charge on any atom is 0.0827 e. The molecule has 0 radical (unpaired) electrons. The fourth-order valence-electron chi connectivity index (χ4n) is 2.56. The fraction of sp³-hybridized carbons (Fsp3) is 0.769. The molecule has 1 aliphatic rings. The van der Waals surface area contributed by atoms with Crippen molar-refractivity contribution in [3.8, 4) is 0 Å². The number of nitrogens with one attached hydrogen (secondary N) is 1. The Morgan fingerprint density at radius 1 is 1.59 bits per heavy atom. The second kappa shape index (κ2) is 5.08. The van der Waals surface area contributed by atoms with Crippen LogP contribution in [0.25, 0.3) is 0 Å². The van der Waals surface area contributed by atoms with Gasteiger partial charge in [-0.1, -0.05) is 20.3 Å². The molecule has 0 spiro atoms. The van der Waals surface area contributed by atoms with E-state index in [1.807, 2.05) is 11.7 Å². The molecule has 0 saturated carbocycles. The summed E-state index contributed by atoms with van der Waals surface area (Å²) < 4.78 is 1.91. The van der Waals surface area contributed by atoms with Gasteiger partial charge in [0.25, 0.3) is 0 Å². The van der Waals surface area contributed by atoms with Gasteiger partial charge in [0.2, 0.25) is 0 Å².